The van der Waals surface area contributed by atoms with Crippen molar-refractivity contribution in [2.75, 3.05) is 0 Å². The predicted octanol–water partition coefficient (Wildman–Crippen LogP) is 0.810. The van der Waals surface area contributed by atoms with Gasteiger partial charge >= 0.3 is 0 Å². The first-order valence-electron chi connectivity index (χ1n) is 4.88. The summed E-state index contributed by atoms with van der Waals surface area (Å²) in [5, 5.41) is 11.9. The van der Waals surface area contributed by atoms with Crippen molar-refractivity contribution in [2.45, 2.75) is 25.7 Å². The molecule has 0 aromatic carbocycles. The highest BCUT2D eigenvalue weighted by atomic mass is 32.1. The average molecular weight is 239 g/mol. The smallest absolute Gasteiger partial charge is 0.173 e. The molecule has 1 rings (SSSR count). The Morgan fingerprint density at radius 3 is 2.38 bits per heavy atom. The van der Waals surface area contributed by atoms with E-state index in [1.54, 1.807) is 17.5 Å². The van der Waals surface area contributed by atoms with Crippen LogP contribution in [-0.2, 0) is 9.59 Å². The number of aliphatic carboxylic acids is 1. The van der Waals surface area contributed by atoms with Gasteiger partial charge in [0, 0.05) is 25.2 Å². The van der Waals surface area contributed by atoms with E-state index >= 15 is 0 Å². The second kappa shape index (κ2) is 6.17. The summed E-state index contributed by atoms with van der Waals surface area (Å²) in [6, 6.07) is 3.48. The minimum atomic E-state index is -1.24. The first kappa shape index (κ1) is 12.6. The van der Waals surface area contributed by atoms with E-state index in [1.807, 2.05) is 0 Å². The predicted molar refractivity (Wildman–Crippen MR) is 57.1 cm³/mol. The third kappa shape index (κ3) is 4.35. The molecule has 0 unspecified atom stereocenters. The van der Waals surface area contributed by atoms with Gasteiger partial charge in [0.25, 0.3) is 0 Å². The molecule has 0 saturated carbocycles. The van der Waals surface area contributed by atoms with E-state index in [0.717, 1.165) is 0 Å². The molecule has 1 aromatic heterocycles. The highest BCUT2D eigenvalue weighted by molar-refractivity contribution is 7.12. The van der Waals surface area contributed by atoms with Crippen LogP contribution in [0.3, 0.4) is 0 Å². The number of rotatable bonds is 7. The summed E-state index contributed by atoms with van der Waals surface area (Å²) in [4.78, 5) is 33.4. The Morgan fingerprint density at radius 1 is 1.12 bits per heavy atom. The maximum absolute atomic E-state index is 11.5. The molecule has 0 fully saturated rings. The van der Waals surface area contributed by atoms with E-state index in [9.17, 15) is 19.5 Å². The van der Waals surface area contributed by atoms with E-state index < -0.39 is 5.97 Å². The molecule has 0 saturated heterocycles. The molecule has 0 bridgehead atoms. The van der Waals surface area contributed by atoms with Gasteiger partial charge < -0.3 is 9.90 Å². The lowest BCUT2D eigenvalue weighted by Crippen LogP contribution is -2.22. The van der Waals surface area contributed by atoms with Gasteiger partial charge in [0.15, 0.2) is 5.78 Å². The van der Waals surface area contributed by atoms with Crippen molar-refractivity contribution in [3.8, 4) is 0 Å². The quantitative estimate of drug-likeness (QED) is 0.660. The molecule has 4 nitrogen and oxygen atoms in total. The van der Waals surface area contributed by atoms with Crippen molar-refractivity contribution in [1.29, 1.82) is 0 Å². The maximum atomic E-state index is 11.5. The van der Waals surface area contributed by atoms with Crippen molar-refractivity contribution >= 4 is 28.9 Å². The number of hydrogen-bond donors (Lipinski definition) is 0. The van der Waals surface area contributed by atoms with Crippen LogP contribution in [0.5, 0.6) is 0 Å². The Labute approximate surface area is 96.9 Å². The maximum Gasteiger partial charge on any atom is 0.173 e. The SMILES string of the molecule is O=C([O-])CCC(=O)CCC(=O)c1cccs1. The van der Waals surface area contributed by atoms with Gasteiger partial charge in [0.1, 0.15) is 5.78 Å². The van der Waals surface area contributed by atoms with Crippen LogP contribution in [0.25, 0.3) is 0 Å². The Hall–Kier alpha value is -1.49. The average Bonchev–Trinajstić information content (AvgIpc) is 2.76. The van der Waals surface area contributed by atoms with Crippen LogP contribution in [-0.4, -0.2) is 17.5 Å². The van der Waals surface area contributed by atoms with E-state index in [-0.39, 0.29) is 37.2 Å². The fourth-order valence-electron chi connectivity index (χ4n) is 1.18. The van der Waals surface area contributed by atoms with Gasteiger partial charge in [0.05, 0.1) is 4.88 Å². The lowest BCUT2D eigenvalue weighted by atomic mass is 10.1. The number of ketones is 2. The van der Waals surface area contributed by atoms with Gasteiger partial charge in [-0.3, -0.25) is 9.59 Å². The van der Waals surface area contributed by atoms with E-state index in [4.69, 9.17) is 0 Å². The largest absolute Gasteiger partial charge is 0.550 e. The van der Waals surface area contributed by atoms with E-state index in [0.29, 0.717) is 4.88 Å². The minimum Gasteiger partial charge on any atom is -0.550 e. The molecule has 0 aliphatic carbocycles. The third-order valence-electron chi connectivity index (χ3n) is 2.03. The van der Waals surface area contributed by atoms with Gasteiger partial charge in [-0.1, -0.05) is 6.07 Å². The highest BCUT2D eigenvalue weighted by Gasteiger charge is 2.09. The van der Waals surface area contributed by atoms with Crippen LogP contribution >= 0.6 is 11.3 Å². The minimum absolute atomic E-state index is 0.0555. The van der Waals surface area contributed by atoms with Crippen LogP contribution < -0.4 is 5.11 Å². The molecule has 0 atom stereocenters. The summed E-state index contributed by atoms with van der Waals surface area (Å²) in [6.07, 6.45) is -0.0809. The molecular weight excluding hydrogens is 228 g/mol. The number of Topliss-reactive ketones (excluding diaryl/α,β-unsaturated/α-hetero) is 2. The molecule has 1 aromatic rings. The van der Waals surface area contributed by atoms with Crippen LogP contribution in [0.4, 0.5) is 0 Å². The lowest BCUT2D eigenvalue weighted by molar-refractivity contribution is -0.305. The summed E-state index contributed by atoms with van der Waals surface area (Å²) in [5.74, 6) is -1.52. The normalized spacial score (nSPS) is 10.0. The number of thiophene rings is 1. The highest BCUT2D eigenvalue weighted by Crippen LogP contribution is 2.12. The summed E-state index contributed by atoms with van der Waals surface area (Å²) in [5.41, 5.74) is 0. The summed E-state index contributed by atoms with van der Waals surface area (Å²) < 4.78 is 0. The molecule has 0 spiro atoms. The van der Waals surface area contributed by atoms with E-state index in [1.165, 1.54) is 11.3 Å². The van der Waals surface area contributed by atoms with E-state index in [2.05, 4.69) is 0 Å². The van der Waals surface area contributed by atoms with Crippen molar-refractivity contribution < 1.29 is 19.5 Å². The molecule has 5 heteroatoms. The fraction of sp³-hybridized carbons (Fsp3) is 0.364. The third-order valence-corrected chi connectivity index (χ3v) is 2.95. The summed E-state index contributed by atoms with van der Waals surface area (Å²) in [6.45, 7) is 0. The lowest BCUT2D eigenvalue weighted by Gasteiger charge is -2.01. The molecule has 0 radical (unpaired) electrons. The molecule has 0 amide bonds. The first-order valence-corrected chi connectivity index (χ1v) is 5.76. The second-order valence-corrected chi connectivity index (χ2v) is 4.26. The standard InChI is InChI=1S/C11H12O4S/c12-8(4-6-11(14)15)3-5-9(13)10-2-1-7-16-10/h1-2,7H,3-6H2,(H,14,15)/p-1. The van der Waals surface area contributed by atoms with Gasteiger partial charge in [-0.25, -0.2) is 0 Å². The van der Waals surface area contributed by atoms with Crippen molar-refractivity contribution in [1.82, 2.24) is 0 Å². The molecule has 1 heterocycles. The van der Waals surface area contributed by atoms with Crippen molar-refractivity contribution in [3.63, 3.8) is 0 Å². The van der Waals surface area contributed by atoms with Crippen LogP contribution in [0.15, 0.2) is 17.5 Å². The van der Waals surface area contributed by atoms with Gasteiger partial charge in [-0.05, 0) is 17.9 Å². The Bertz CT molecular complexity index is 381. The number of carbonyl (C=O) groups is 3. The van der Waals surface area contributed by atoms with Gasteiger partial charge in [-0.2, -0.15) is 0 Å². The molecule has 0 aliphatic heterocycles. The van der Waals surface area contributed by atoms with Crippen LogP contribution in [0.1, 0.15) is 35.4 Å². The monoisotopic (exact) mass is 239 g/mol. The van der Waals surface area contributed by atoms with Gasteiger partial charge in [0.2, 0.25) is 0 Å². The number of carboxylic acids is 1. The molecule has 0 aliphatic rings. The zero-order valence-corrected chi connectivity index (χ0v) is 9.42. The van der Waals surface area contributed by atoms with Crippen molar-refractivity contribution in [2.24, 2.45) is 0 Å². The zero-order valence-electron chi connectivity index (χ0n) is 8.60. The van der Waals surface area contributed by atoms with Crippen molar-refractivity contribution in [3.05, 3.63) is 22.4 Å². The molecule has 16 heavy (non-hydrogen) atoms. The number of carboxylic acid groups (broad SMARTS) is 1. The summed E-state index contributed by atoms with van der Waals surface area (Å²) >= 11 is 1.34. The Morgan fingerprint density at radius 2 is 1.81 bits per heavy atom. The summed E-state index contributed by atoms with van der Waals surface area (Å²) in [7, 11) is 0. The van der Waals surface area contributed by atoms with Crippen LogP contribution in [0.2, 0.25) is 0 Å². The van der Waals surface area contributed by atoms with Crippen LogP contribution in [0, 0.1) is 0 Å². The fourth-order valence-corrected chi connectivity index (χ4v) is 1.87. The molecule has 86 valence electrons. The topological polar surface area (TPSA) is 74.3 Å². The first-order chi connectivity index (χ1) is 7.59. The second-order valence-electron chi connectivity index (χ2n) is 3.31. The Balaban J connectivity index is 2.27. The Kier molecular flexibility index (Phi) is 4.85. The molecule has 0 N–H and O–H groups in total. The molecular formula is C11H11O4S-. The van der Waals surface area contributed by atoms with Gasteiger partial charge in [-0.15, -0.1) is 11.3 Å². The number of carbonyl (C=O) groups excluding carboxylic acids is 3. The number of hydrogen-bond acceptors (Lipinski definition) is 5. The zero-order chi connectivity index (χ0) is 12.0.